The first-order valence-corrected chi connectivity index (χ1v) is 9.74. The summed E-state index contributed by atoms with van der Waals surface area (Å²) in [6.07, 6.45) is 0. The standard InChI is InChI=1S/C24H24N4O3/c1-28(2)24(31)18-11-13-19(14-12-18)25-16-22(29)26-20-9-6-10-21(15-20)27-23(30)17-7-4-3-5-8-17/h3-15,25H,16H2,1-2H3,(H,26,29)(H,27,30). The lowest BCUT2D eigenvalue weighted by Crippen LogP contribution is -2.22. The van der Waals surface area contributed by atoms with Crippen LogP contribution in [0.3, 0.4) is 0 Å². The molecule has 3 N–H and O–H groups in total. The first kappa shape index (κ1) is 21.6. The highest BCUT2D eigenvalue weighted by Gasteiger charge is 2.09. The third-order valence-electron chi connectivity index (χ3n) is 4.43. The summed E-state index contributed by atoms with van der Waals surface area (Å²) < 4.78 is 0. The molecular weight excluding hydrogens is 392 g/mol. The minimum absolute atomic E-state index is 0.0571. The molecule has 0 saturated heterocycles. The Morgan fingerprint density at radius 3 is 2.00 bits per heavy atom. The molecule has 0 heterocycles. The van der Waals surface area contributed by atoms with Crippen molar-refractivity contribution in [3.8, 4) is 0 Å². The van der Waals surface area contributed by atoms with E-state index in [1.165, 1.54) is 4.90 Å². The number of nitrogens with one attached hydrogen (secondary N) is 3. The third-order valence-corrected chi connectivity index (χ3v) is 4.43. The maximum atomic E-state index is 12.3. The number of hydrogen-bond donors (Lipinski definition) is 3. The van der Waals surface area contributed by atoms with Gasteiger partial charge in [-0.2, -0.15) is 0 Å². The lowest BCUT2D eigenvalue weighted by Gasteiger charge is -2.12. The van der Waals surface area contributed by atoms with Crippen molar-refractivity contribution in [2.45, 2.75) is 0 Å². The highest BCUT2D eigenvalue weighted by molar-refractivity contribution is 6.04. The predicted molar refractivity (Wildman–Crippen MR) is 122 cm³/mol. The molecule has 158 valence electrons. The van der Waals surface area contributed by atoms with E-state index in [9.17, 15) is 14.4 Å². The van der Waals surface area contributed by atoms with Gasteiger partial charge in [0.05, 0.1) is 6.54 Å². The van der Waals surface area contributed by atoms with Crippen LogP contribution in [0.5, 0.6) is 0 Å². The maximum Gasteiger partial charge on any atom is 0.255 e. The van der Waals surface area contributed by atoms with E-state index in [0.717, 1.165) is 5.69 Å². The van der Waals surface area contributed by atoms with Crippen molar-refractivity contribution < 1.29 is 14.4 Å². The topological polar surface area (TPSA) is 90.5 Å². The normalized spacial score (nSPS) is 10.1. The van der Waals surface area contributed by atoms with Crippen molar-refractivity contribution in [1.82, 2.24) is 4.90 Å². The van der Waals surface area contributed by atoms with Crippen molar-refractivity contribution in [1.29, 1.82) is 0 Å². The second-order valence-electron chi connectivity index (χ2n) is 7.08. The molecule has 3 aromatic carbocycles. The van der Waals surface area contributed by atoms with Gasteiger partial charge in [-0.15, -0.1) is 0 Å². The van der Waals surface area contributed by atoms with Crippen molar-refractivity contribution in [2.24, 2.45) is 0 Å². The molecule has 0 fully saturated rings. The van der Waals surface area contributed by atoms with Gasteiger partial charge in [-0.1, -0.05) is 24.3 Å². The summed E-state index contributed by atoms with van der Waals surface area (Å²) in [5.41, 5.74) is 3.02. The molecule has 0 radical (unpaired) electrons. The second kappa shape index (κ2) is 10.1. The Labute approximate surface area is 181 Å². The summed E-state index contributed by atoms with van der Waals surface area (Å²) in [4.78, 5) is 38.0. The molecular formula is C24H24N4O3. The van der Waals surface area contributed by atoms with Gasteiger partial charge in [0, 0.05) is 42.3 Å². The molecule has 31 heavy (non-hydrogen) atoms. The molecule has 0 spiro atoms. The molecule has 0 unspecified atom stereocenters. The fourth-order valence-corrected chi connectivity index (χ4v) is 2.84. The molecule has 0 aromatic heterocycles. The summed E-state index contributed by atoms with van der Waals surface area (Å²) in [6.45, 7) is 0.0571. The Hall–Kier alpha value is -4.13. The van der Waals surface area contributed by atoms with Gasteiger partial charge in [0.1, 0.15) is 0 Å². The highest BCUT2D eigenvalue weighted by atomic mass is 16.2. The zero-order valence-corrected chi connectivity index (χ0v) is 17.4. The molecule has 0 aliphatic rings. The molecule has 0 aliphatic heterocycles. The van der Waals surface area contributed by atoms with E-state index in [1.54, 1.807) is 86.9 Å². The summed E-state index contributed by atoms with van der Waals surface area (Å²) in [7, 11) is 3.39. The molecule has 0 saturated carbocycles. The number of carbonyl (C=O) groups excluding carboxylic acids is 3. The Balaban J connectivity index is 1.53. The van der Waals surface area contributed by atoms with Crippen LogP contribution in [-0.2, 0) is 4.79 Å². The smallest absolute Gasteiger partial charge is 0.255 e. The second-order valence-corrected chi connectivity index (χ2v) is 7.08. The van der Waals surface area contributed by atoms with Crippen LogP contribution in [0.4, 0.5) is 17.1 Å². The summed E-state index contributed by atoms with van der Waals surface area (Å²) in [5, 5.41) is 8.63. The van der Waals surface area contributed by atoms with Crippen molar-refractivity contribution in [3.63, 3.8) is 0 Å². The van der Waals surface area contributed by atoms with Crippen molar-refractivity contribution in [3.05, 3.63) is 90.0 Å². The van der Waals surface area contributed by atoms with Crippen LogP contribution < -0.4 is 16.0 Å². The van der Waals surface area contributed by atoms with E-state index >= 15 is 0 Å². The summed E-state index contributed by atoms with van der Waals surface area (Å²) in [6, 6.07) is 22.8. The van der Waals surface area contributed by atoms with Crippen LogP contribution in [0.2, 0.25) is 0 Å². The molecule has 3 rings (SSSR count). The van der Waals surface area contributed by atoms with Gasteiger partial charge in [-0.25, -0.2) is 0 Å². The Bertz CT molecular complexity index is 1060. The number of amides is 3. The number of anilines is 3. The molecule has 7 heteroatoms. The minimum Gasteiger partial charge on any atom is -0.376 e. The highest BCUT2D eigenvalue weighted by Crippen LogP contribution is 2.16. The Kier molecular flexibility index (Phi) is 7.01. The molecule has 0 atom stereocenters. The van der Waals surface area contributed by atoms with Gasteiger partial charge in [-0.05, 0) is 54.6 Å². The fourth-order valence-electron chi connectivity index (χ4n) is 2.84. The lowest BCUT2D eigenvalue weighted by molar-refractivity contribution is -0.114. The molecule has 3 aromatic rings. The quantitative estimate of drug-likeness (QED) is 0.548. The summed E-state index contributed by atoms with van der Waals surface area (Å²) >= 11 is 0. The van der Waals surface area contributed by atoms with E-state index in [-0.39, 0.29) is 24.3 Å². The monoisotopic (exact) mass is 416 g/mol. The molecule has 0 bridgehead atoms. The van der Waals surface area contributed by atoms with Crippen LogP contribution in [0.15, 0.2) is 78.9 Å². The number of carbonyl (C=O) groups is 3. The van der Waals surface area contributed by atoms with Gasteiger partial charge in [0.25, 0.3) is 11.8 Å². The number of benzene rings is 3. The van der Waals surface area contributed by atoms with Gasteiger partial charge >= 0.3 is 0 Å². The van der Waals surface area contributed by atoms with Crippen molar-refractivity contribution in [2.75, 3.05) is 36.6 Å². The largest absolute Gasteiger partial charge is 0.376 e. The molecule has 7 nitrogen and oxygen atoms in total. The van der Waals surface area contributed by atoms with Crippen molar-refractivity contribution >= 4 is 34.8 Å². The zero-order valence-electron chi connectivity index (χ0n) is 17.4. The van der Waals surface area contributed by atoms with E-state index in [0.29, 0.717) is 22.5 Å². The Morgan fingerprint density at radius 1 is 0.710 bits per heavy atom. The van der Waals surface area contributed by atoms with Crippen LogP contribution in [0.25, 0.3) is 0 Å². The fraction of sp³-hybridized carbons (Fsp3) is 0.125. The average Bonchev–Trinajstić information content (AvgIpc) is 2.78. The predicted octanol–water partition coefficient (Wildman–Crippen LogP) is 3.69. The van der Waals surface area contributed by atoms with Crippen LogP contribution in [0.1, 0.15) is 20.7 Å². The van der Waals surface area contributed by atoms with E-state index in [4.69, 9.17) is 0 Å². The zero-order chi connectivity index (χ0) is 22.2. The lowest BCUT2D eigenvalue weighted by atomic mass is 10.2. The Morgan fingerprint density at radius 2 is 1.35 bits per heavy atom. The van der Waals surface area contributed by atoms with E-state index in [2.05, 4.69) is 16.0 Å². The first-order chi connectivity index (χ1) is 14.9. The van der Waals surface area contributed by atoms with Crippen LogP contribution in [0, 0.1) is 0 Å². The minimum atomic E-state index is -0.236. The number of nitrogens with zero attached hydrogens (tertiary/aromatic N) is 1. The van der Waals surface area contributed by atoms with E-state index < -0.39 is 0 Å². The number of rotatable bonds is 7. The van der Waals surface area contributed by atoms with Gasteiger partial charge in [0.2, 0.25) is 5.91 Å². The third kappa shape index (κ3) is 6.17. The summed E-state index contributed by atoms with van der Waals surface area (Å²) in [5.74, 6) is -0.537. The van der Waals surface area contributed by atoms with Gasteiger partial charge < -0.3 is 20.9 Å². The maximum absolute atomic E-state index is 12.3. The number of hydrogen-bond acceptors (Lipinski definition) is 4. The molecule has 3 amide bonds. The van der Waals surface area contributed by atoms with Crippen LogP contribution >= 0.6 is 0 Å². The van der Waals surface area contributed by atoms with Gasteiger partial charge in [0.15, 0.2) is 0 Å². The van der Waals surface area contributed by atoms with Gasteiger partial charge in [-0.3, -0.25) is 14.4 Å². The average molecular weight is 416 g/mol. The first-order valence-electron chi connectivity index (χ1n) is 9.74. The SMILES string of the molecule is CN(C)C(=O)c1ccc(NCC(=O)Nc2cccc(NC(=O)c3ccccc3)c2)cc1. The van der Waals surface area contributed by atoms with Crippen LogP contribution in [-0.4, -0.2) is 43.3 Å². The van der Waals surface area contributed by atoms with E-state index in [1.807, 2.05) is 6.07 Å². The molecule has 0 aliphatic carbocycles.